The molecule has 1 aromatic heterocycles. The molecule has 1 fully saturated rings. The van der Waals surface area contributed by atoms with Crippen molar-refractivity contribution in [1.82, 2.24) is 9.55 Å². The van der Waals surface area contributed by atoms with Gasteiger partial charge in [-0.2, -0.15) is 0 Å². The van der Waals surface area contributed by atoms with Gasteiger partial charge in [-0.15, -0.1) is 0 Å². The topological polar surface area (TPSA) is 29.9 Å². The number of nitrogens with zero attached hydrogens (tertiary/aromatic N) is 2. The molecule has 1 saturated carbocycles. The van der Waals surface area contributed by atoms with Crippen LogP contribution in [0.5, 0.6) is 0 Å². The molecule has 2 unspecified atom stereocenters. The number of imidazole rings is 1. The van der Waals surface area contributed by atoms with E-state index in [4.69, 9.17) is 0 Å². The molecule has 1 N–H and O–H groups in total. The van der Waals surface area contributed by atoms with E-state index in [0.29, 0.717) is 6.04 Å². The molecule has 1 aliphatic rings. The highest BCUT2D eigenvalue weighted by Gasteiger charge is 2.35. The highest BCUT2D eigenvalue weighted by molar-refractivity contribution is 5.29. The maximum absolute atomic E-state index is 4.38. The van der Waals surface area contributed by atoms with Crippen LogP contribution in [0.3, 0.4) is 0 Å². The minimum absolute atomic E-state index is 0.689. The fourth-order valence-corrected chi connectivity index (χ4v) is 1.64. The second-order valence-corrected chi connectivity index (χ2v) is 3.64. The maximum Gasteiger partial charge on any atom is 0.203 e. The standard InChI is InChI=1S/C9H15N3/c1-6-4-8(6)12-5-7(2)11-9(12)10-3/h5-6,8H,4H2,1-3H3,(H,10,11). The maximum atomic E-state index is 4.38. The third-order valence-electron chi connectivity index (χ3n) is 2.50. The number of nitrogens with one attached hydrogen (secondary N) is 1. The lowest BCUT2D eigenvalue weighted by molar-refractivity contribution is 0.691. The summed E-state index contributed by atoms with van der Waals surface area (Å²) in [6.45, 7) is 4.31. The van der Waals surface area contributed by atoms with Gasteiger partial charge in [0.2, 0.25) is 5.95 Å². The predicted molar refractivity (Wildman–Crippen MR) is 49.3 cm³/mol. The van der Waals surface area contributed by atoms with Crippen LogP contribution in [0.2, 0.25) is 0 Å². The molecule has 0 aromatic carbocycles. The molecule has 12 heavy (non-hydrogen) atoms. The Morgan fingerprint density at radius 3 is 2.83 bits per heavy atom. The average Bonchev–Trinajstić information content (AvgIpc) is 2.61. The first-order valence-electron chi connectivity index (χ1n) is 4.45. The average molecular weight is 165 g/mol. The lowest BCUT2D eigenvalue weighted by Crippen LogP contribution is -2.01. The van der Waals surface area contributed by atoms with E-state index in [0.717, 1.165) is 17.6 Å². The fraction of sp³-hybridized carbons (Fsp3) is 0.667. The van der Waals surface area contributed by atoms with Gasteiger partial charge in [0.1, 0.15) is 0 Å². The van der Waals surface area contributed by atoms with E-state index >= 15 is 0 Å². The SMILES string of the molecule is CNc1nc(C)cn1C1CC1C. The minimum atomic E-state index is 0.689. The molecular formula is C9H15N3. The Morgan fingerprint density at radius 2 is 2.33 bits per heavy atom. The molecule has 0 saturated heterocycles. The molecule has 1 heterocycles. The molecule has 0 bridgehead atoms. The van der Waals surface area contributed by atoms with Gasteiger partial charge >= 0.3 is 0 Å². The normalized spacial score (nSPS) is 27.2. The second-order valence-electron chi connectivity index (χ2n) is 3.64. The van der Waals surface area contributed by atoms with E-state index < -0.39 is 0 Å². The number of rotatable bonds is 2. The molecule has 1 aromatic rings. The summed E-state index contributed by atoms with van der Waals surface area (Å²) >= 11 is 0. The molecule has 0 spiro atoms. The van der Waals surface area contributed by atoms with Gasteiger partial charge in [0.15, 0.2) is 0 Å². The van der Waals surface area contributed by atoms with Crippen LogP contribution in [-0.2, 0) is 0 Å². The van der Waals surface area contributed by atoms with E-state index in [9.17, 15) is 0 Å². The van der Waals surface area contributed by atoms with Crippen LogP contribution >= 0.6 is 0 Å². The lowest BCUT2D eigenvalue weighted by Gasteiger charge is -2.04. The number of hydrogen-bond donors (Lipinski definition) is 1. The van der Waals surface area contributed by atoms with Crippen molar-refractivity contribution in [2.75, 3.05) is 12.4 Å². The summed E-state index contributed by atoms with van der Waals surface area (Å²) in [5.41, 5.74) is 1.10. The highest BCUT2D eigenvalue weighted by Crippen LogP contribution is 2.44. The monoisotopic (exact) mass is 165 g/mol. The van der Waals surface area contributed by atoms with Crippen LogP contribution in [0.25, 0.3) is 0 Å². The predicted octanol–water partition coefficient (Wildman–Crippen LogP) is 1.81. The first-order valence-corrected chi connectivity index (χ1v) is 4.45. The zero-order valence-electron chi connectivity index (χ0n) is 7.83. The van der Waals surface area contributed by atoms with Gasteiger partial charge in [-0.1, -0.05) is 6.92 Å². The Kier molecular flexibility index (Phi) is 1.60. The third kappa shape index (κ3) is 1.09. The van der Waals surface area contributed by atoms with Gasteiger partial charge in [0, 0.05) is 19.3 Å². The van der Waals surface area contributed by atoms with Crippen LogP contribution in [0.1, 0.15) is 25.1 Å². The van der Waals surface area contributed by atoms with Gasteiger partial charge < -0.3 is 9.88 Å². The Labute approximate surface area is 72.8 Å². The molecular weight excluding hydrogens is 150 g/mol. The summed E-state index contributed by atoms with van der Waals surface area (Å²) in [5, 5.41) is 3.11. The van der Waals surface area contributed by atoms with E-state index in [2.05, 4.69) is 28.0 Å². The molecule has 2 atom stereocenters. The zero-order chi connectivity index (χ0) is 8.72. The Balaban J connectivity index is 2.29. The van der Waals surface area contributed by atoms with Crippen LogP contribution in [0.4, 0.5) is 5.95 Å². The third-order valence-corrected chi connectivity index (χ3v) is 2.50. The second kappa shape index (κ2) is 2.51. The molecule has 3 nitrogen and oxygen atoms in total. The van der Waals surface area contributed by atoms with Crippen molar-refractivity contribution in [2.24, 2.45) is 5.92 Å². The van der Waals surface area contributed by atoms with Crippen molar-refractivity contribution in [1.29, 1.82) is 0 Å². The van der Waals surface area contributed by atoms with Crippen molar-refractivity contribution in [3.8, 4) is 0 Å². The van der Waals surface area contributed by atoms with Gasteiger partial charge in [0.25, 0.3) is 0 Å². The van der Waals surface area contributed by atoms with Crippen LogP contribution in [0, 0.1) is 12.8 Å². The van der Waals surface area contributed by atoms with Crippen LogP contribution in [-0.4, -0.2) is 16.6 Å². The van der Waals surface area contributed by atoms with Gasteiger partial charge in [0.05, 0.1) is 5.69 Å². The molecule has 0 aliphatic heterocycles. The van der Waals surface area contributed by atoms with Crippen LogP contribution < -0.4 is 5.32 Å². The minimum Gasteiger partial charge on any atom is -0.359 e. The molecule has 2 rings (SSSR count). The largest absolute Gasteiger partial charge is 0.359 e. The Hall–Kier alpha value is -0.990. The molecule has 3 heteroatoms. The molecule has 1 aliphatic carbocycles. The van der Waals surface area contributed by atoms with E-state index in [1.165, 1.54) is 6.42 Å². The highest BCUT2D eigenvalue weighted by atomic mass is 15.2. The summed E-state index contributed by atoms with van der Waals surface area (Å²) in [7, 11) is 1.92. The summed E-state index contributed by atoms with van der Waals surface area (Å²) in [6.07, 6.45) is 3.42. The molecule has 0 amide bonds. The first kappa shape index (κ1) is 7.65. The van der Waals surface area contributed by atoms with Crippen molar-refractivity contribution in [2.45, 2.75) is 26.3 Å². The van der Waals surface area contributed by atoms with Crippen LogP contribution in [0.15, 0.2) is 6.20 Å². The summed E-state index contributed by atoms with van der Waals surface area (Å²) in [6, 6.07) is 0.689. The van der Waals surface area contributed by atoms with Gasteiger partial charge in [-0.05, 0) is 19.3 Å². The molecule has 66 valence electrons. The van der Waals surface area contributed by atoms with Crippen molar-refractivity contribution < 1.29 is 0 Å². The fourth-order valence-electron chi connectivity index (χ4n) is 1.64. The van der Waals surface area contributed by atoms with E-state index in [-0.39, 0.29) is 0 Å². The number of anilines is 1. The summed E-state index contributed by atoms with van der Waals surface area (Å²) in [5.74, 6) is 1.83. The zero-order valence-corrected chi connectivity index (χ0v) is 7.83. The van der Waals surface area contributed by atoms with Gasteiger partial charge in [-0.3, -0.25) is 0 Å². The summed E-state index contributed by atoms with van der Waals surface area (Å²) < 4.78 is 2.25. The van der Waals surface area contributed by atoms with Crippen molar-refractivity contribution in [3.63, 3.8) is 0 Å². The van der Waals surface area contributed by atoms with Crippen molar-refractivity contribution >= 4 is 5.95 Å². The Morgan fingerprint density at radius 1 is 1.67 bits per heavy atom. The van der Waals surface area contributed by atoms with Gasteiger partial charge in [-0.25, -0.2) is 4.98 Å². The lowest BCUT2D eigenvalue weighted by atomic mass is 10.5. The number of aryl methyl sites for hydroxylation is 1. The summed E-state index contributed by atoms with van der Waals surface area (Å²) in [4.78, 5) is 4.38. The quantitative estimate of drug-likeness (QED) is 0.724. The number of aromatic nitrogens is 2. The molecule has 0 radical (unpaired) electrons. The number of hydrogen-bond acceptors (Lipinski definition) is 2. The Bertz CT molecular complexity index is 290. The first-order chi connectivity index (χ1) is 5.72. The van der Waals surface area contributed by atoms with Crippen molar-refractivity contribution in [3.05, 3.63) is 11.9 Å². The van der Waals surface area contributed by atoms with E-state index in [1.807, 2.05) is 14.0 Å². The van der Waals surface area contributed by atoms with E-state index in [1.54, 1.807) is 0 Å². The smallest absolute Gasteiger partial charge is 0.203 e.